The Bertz CT molecular complexity index is 276. The van der Waals surface area contributed by atoms with Crippen LogP contribution in [0.3, 0.4) is 0 Å². The second-order valence-corrected chi connectivity index (χ2v) is 4.22. The lowest BCUT2D eigenvalue weighted by Gasteiger charge is -2.33. The van der Waals surface area contributed by atoms with Crippen LogP contribution in [-0.2, 0) is 6.42 Å². The van der Waals surface area contributed by atoms with E-state index in [-0.39, 0.29) is 5.54 Å². The van der Waals surface area contributed by atoms with E-state index in [1.54, 1.807) is 0 Å². The lowest BCUT2D eigenvalue weighted by molar-refractivity contribution is 0.287. The van der Waals surface area contributed by atoms with E-state index in [2.05, 4.69) is 42.6 Å². The predicted octanol–water partition coefficient (Wildman–Crippen LogP) is 1.20. The second kappa shape index (κ2) is 4.11. The first-order chi connectivity index (χ1) is 6.79. The zero-order chi connectivity index (χ0) is 9.86. The normalized spacial score (nSPS) is 27.5. The molecule has 0 aliphatic carbocycles. The highest BCUT2D eigenvalue weighted by atomic mass is 15.1. The molecule has 1 unspecified atom stereocenters. The monoisotopic (exact) mass is 189 g/mol. The molecule has 1 aliphatic heterocycles. The van der Waals surface area contributed by atoms with Crippen LogP contribution in [0.2, 0.25) is 0 Å². The Hall–Kier alpha value is -0.860. The summed E-state index contributed by atoms with van der Waals surface area (Å²) in [6.07, 6.45) is 1.04. The fourth-order valence-electron chi connectivity index (χ4n) is 1.97. The Morgan fingerprint density at radius 1 is 1.36 bits per heavy atom. The summed E-state index contributed by atoms with van der Waals surface area (Å²) in [5, 5.41) is 8.10. The minimum absolute atomic E-state index is 0.0968. The maximum absolute atomic E-state index is 4.69. The van der Waals surface area contributed by atoms with E-state index in [1.165, 1.54) is 5.56 Å². The van der Waals surface area contributed by atoms with Gasteiger partial charge in [0.05, 0.1) is 0 Å². The van der Waals surface area contributed by atoms with Crippen LogP contribution < -0.4 is 10.6 Å². The van der Waals surface area contributed by atoms with E-state index in [9.17, 15) is 0 Å². The molecule has 1 radical (unpaired) electrons. The molecular weight excluding hydrogens is 172 g/mol. The molecule has 0 bridgehead atoms. The molecule has 1 aromatic carbocycles. The summed E-state index contributed by atoms with van der Waals surface area (Å²) >= 11 is 0. The van der Waals surface area contributed by atoms with Crippen molar-refractivity contribution in [3.8, 4) is 0 Å². The molecule has 0 aromatic heterocycles. The molecule has 2 heteroatoms. The standard InChI is InChI=1S/C12H17N2/c1-12(10-13-7-8-14-12)9-11-5-3-2-4-6-11/h2-6,13H,7-10H2,1H3. The van der Waals surface area contributed by atoms with Gasteiger partial charge in [-0.3, -0.25) is 0 Å². The average molecular weight is 189 g/mol. The van der Waals surface area contributed by atoms with E-state index < -0.39 is 0 Å². The minimum atomic E-state index is 0.0968. The number of hydrogen-bond donors (Lipinski definition) is 1. The summed E-state index contributed by atoms with van der Waals surface area (Å²) in [6, 6.07) is 10.6. The number of benzene rings is 1. The van der Waals surface area contributed by atoms with E-state index in [0.717, 1.165) is 26.1 Å². The molecular formula is C12H17N2. The van der Waals surface area contributed by atoms with Gasteiger partial charge in [0, 0.05) is 25.2 Å². The molecule has 0 spiro atoms. The van der Waals surface area contributed by atoms with Gasteiger partial charge in [-0.05, 0) is 18.9 Å². The molecule has 1 atom stereocenters. The zero-order valence-corrected chi connectivity index (χ0v) is 8.66. The largest absolute Gasteiger partial charge is 0.314 e. The van der Waals surface area contributed by atoms with E-state index in [1.807, 2.05) is 0 Å². The van der Waals surface area contributed by atoms with Crippen molar-refractivity contribution in [2.24, 2.45) is 0 Å². The average Bonchev–Trinajstić information content (AvgIpc) is 2.19. The Kier molecular flexibility index (Phi) is 2.85. The molecule has 0 saturated carbocycles. The summed E-state index contributed by atoms with van der Waals surface area (Å²) in [5.41, 5.74) is 1.47. The fourth-order valence-corrected chi connectivity index (χ4v) is 1.97. The van der Waals surface area contributed by atoms with Crippen molar-refractivity contribution in [3.63, 3.8) is 0 Å². The van der Waals surface area contributed by atoms with Gasteiger partial charge in [0.15, 0.2) is 0 Å². The van der Waals surface area contributed by atoms with Gasteiger partial charge in [0.25, 0.3) is 0 Å². The highest BCUT2D eigenvalue weighted by Gasteiger charge is 2.27. The molecule has 1 aliphatic rings. The zero-order valence-electron chi connectivity index (χ0n) is 8.66. The van der Waals surface area contributed by atoms with Crippen LogP contribution in [-0.4, -0.2) is 25.2 Å². The third-order valence-corrected chi connectivity index (χ3v) is 2.72. The minimum Gasteiger partial charge on any atom is -0.314 e. The van der Waals surface area contributed by atoms with Gasteiger partial charge in [0.1, 0.15) is 0 Å². The first kappa shape index (κ1) is 9.69. The van der Waals surface area contributed by atoms with Crippen LogP contribution in [0.4, 0.5) is 0 Å². The molecule has 1 saturated heterocycles. The van der Waals surface area contributed by atoms with Crippen LogP contribution >= 0.6 is 0 Å². The summed E-state index contributed by atoms with van der Waals surface area (Å²) in [6.45, 7) is 5.21. The van der Waals surface area contributed by atoms with Gasteiger partial charge in [-0.25, -0.2) is 5.32 Å². The number of hydrogen-bond acceptors (Lipinski definition) is 1. The Morgan fingerprint density at radius 3 is 2.79 bits per heavy atom. The van der Waals surface area contributed by atoms with Crippen molar-refractivity contribution in [2.45, 2.75) is 18.9 Å². The van der Waals surface area contributed by atoms with Crippen LogP contribution in [0.5, 0.6) is 0 Å². The van der Waals surface area contributed by atoms with Gasteiger partial charge in [-0.1, -0.05) is 30.3 Å². The summed E-state index contributed by atoms with van der Waals surface area (Å²) in [7, 11) is 0. The van der Waals surface area contributed by atoms with Crippen molar-refractivity contribution in [2.75, 3.05) is 19.6 Å². The highest BCUT2D eigenvalue weighted by molar-refractivity contribution is 5.18. The van der Waals surface area contributed by atoms with E-state index in [0.29, 0.717) is 0 Å². The SMILES string of the molecule is CC1(Cc2ccccc2)CNCC[N]1. The molecule has 1 aromatic rings. The van der Waals surface area contributed by atoms with Gasteiger partial charge in [0.2, 0.25) is 0 Å². The summed E-state index contributed by atoms with van der Waals surface area (Å²) in [4.78, 5) is 0. The van der Waals surface area contributed by atoms with Gasteiger partial charge in [-0.2, -0.15) is 0 Å². The Balaban J connectivity index is 2.02. The lowest BCUT2D eigenvalue weighted by atomic mass is 9.91. The molecule has 1 heterocycles. The maximum Gasteiger partial charge on any atom is 0.0493 e. The summed E-state index contributed by atoms with van der Waals surface area (Å²) in [5.74, 6) is 0. The molecule has 0 amide bonds. The molecule has 1 N–H and O–H groups in total. The quantitative estimate of drug-likeness (QED) is 0.743. The highest BCUT2D eigenvalue weighted by Crippen LogP contribution is 2.15. The molecule has 75 valence electrons. The van der Waals surface area contributed by atoms with Crippen molar-refractivity contribution in [3.05, 3.63) is 35.9 Å². The molecule has 14 heavy (non-hydrogen) atoms. The van der Waals surface area contributed by atoms with Crippen LogP contribution in [0, 0.1) is 0 Å². The maximum atomic E-state index is 4.69. The van der Waals surface area contributed by atoms with Crippen molar-refractivity contribution in [1.82, 2.24) is 10.6 Å². The Labute approximate surface area is 85.7 Å². The van der Waals surface area contributed by atoms with Gasteiger partial charge < -0.3 is 5.32 Å². The van der Waals surface area contributed by atoms with Crippen LogP contribution in [0.1, 0.15) is 12.5 Å². The molecule has 2 rings (SSSR count). The third kappa shape index (κ3) is 2.34. The Morgan fingerprint density at radius 2 is 2.14 bits per heavy atom. The first-order valence-corrected chi connectivity index (χ1v) is 5.22. The van der Waals surface area contributed by atoms with Gasteiger partial charge >= 0.3 is 0 Å². The number of nitrogens with zero attached hydrogens (tertiary/aromatic N) is 1. The van der Waals surface area contributed by atoms with Crippen molar-refractivity contribution in [1.29, 1.82) is 0 Å². The number of rotatable bonds is 2. The number of nitrogens with one attached hydrogen (secondary N) is 1. The molecule has 1 fully saturated rings. The molecule has 2 nitrogen and oxygen atoms in total. The summed E-state index contributed by atoms with van der Waals surface area (Å²) < 4.78 is 0. The van der Waals surface area contributed by atoms with Gasteiger partial charge in [-0.15, -0.1) is 0 Å². The topological polar surface area (TPSA) is 26.1 Å². The van der Waals surface area contributed by atoms with E-state index in [4.69, 9.17) is 5.32 Å². The van der Waals surface area contributed by atoms with E-state index >= 15 is 0 Å². The first-order valence-electron chi connectivity index (χ1n) is 5.22. The van der Waals surface area contributed by atoms with Crippen LogP contribution in [0.15, 0.2) is 30.3 Å². The second-order valence-electron chi connectivity index (χ2n) is 4.22. The lowest BCUT2D eigenvalue weighted by Crippen LogP contribution is -2.54. The van der Waals surface area contributed by atoms with Crippen molar-refractivity contribution < 1.29 is 0 Å². The number of piperazine rings is 1. The fraction of sp³-hybridized carbons (Fsp3) is 0.500. The predicted molar refractivity (Wildman–Crippen MR) is 58.4 cm³/mol. The smallest absolute Gasteiger partial charge is 0.0493 e. The van der Waals surface area contributed by atoms with Crippen LogP contribution in [0.25, 0.3) is 0 Å². The third-order valence-electron chi connectivity index (χ3n) is 2.72. The van der Waals surface area contributed by atoms with Crippen molar-refractivity contribution >= 4 is 0 Å².